The maximum absolute atomic E-state index is 10.8. The first-order valence-electron chi connectivity index (χ1n) is 11.9. The Morgan fingerprint density at radius 1 is 0.462 bits per heavy atom. The second kappa shape index (κ2) is 14.0. The molecule has 0 amide bonds. The molecule has 0 spiro atoms. The van der Waals surface area contributed by atoms with Crippen molar-refractivity contribution in [2.75, 3.05) is 0 Å². The minimum absolute atomic E-state index is 0. The predicted molar refractivity (Wildman–Crippen MR) is 158 cm³/mol. The van der Waals surface area contributed by atoms with Gasteiger partial charge < -0.3 is 10.2 Å². The first-order chi connectivity index (χ1) is 18.7. The summed E-state index contributed by atoms with van der Waals surface area (Å²) in [6.07, 6.45) is 3.29. The van der Waals surface area contributed by atoms with E-state index in [2.05, 4.69) is 9.98 Å². The van der Waals surface area contributed by atoms with E-state index in [4.69, 9.17) is 0 Å². The van der Waals surface area contributed by atoms with Crippen LogP contribution >= 0.6 is 23.5 Å². The van der Waals surface area contributed by atoms with Crippen LogP contribution in [0.3, 0.4) is 0 Å². The third kappa shape index (κ3) is 7.51. The van der Waals surface area contributed by atoms with Gasteiger partial charge in [0.05, 0.1) is 21.2 Å². The summed E-state index contributed by atoms with van der Waals surface area (Å²) >= 11 is 3.00. The molecule has 196 valence electrons. The molecule has 0 unspecified atom stereocenters. The maximum Gasteiger partial charge on any atom is 0.138 e. The van der Waals surface area contributed by atoms with E-state index in [0.29, 0.717) is 22.5 Å². The molecule has 0 fully saturated rings. The molecule has 0 aliphatic carbocycles. The van der Waals surface area contributed by atoms with Gasteiger partial charge in [-0.3, -0.25) is 9.98 Å². The number of phenols is 2. The Kier molecular flexibility index (Phi) is 10.2. The Labute approximate surface area is 250 Å². The van der Waals surface area contributed by atoms with Crippen molar-refractivity contribution in [3.63, 3.8) is 0 Å². The van der Waals surface area contributed by atoms with Crippen LogP contribution in [-0.2, 0) is 21.1 Å². The molecule has 4 nitrogen and oxygen atoms in total. The fraction of sp³-hybridized carbons (Fsp3) is 0. The zero-order valence-corrected chi connectivity index (χ0v) is 24.5. The van der Waals surface area contributed by atoms with Crippen LogP contribution in [0.1, 0.15) is 11.1 Å². The average Bonchev–Trinajstić information content (AvgIpc) is 2.95. The van der Waals surface area contributed by atoms with E-state index >= 15 is 0 Å². The molecular weight excluding hydrogens is 704 g/mol. The van der Waals surface area contributed by atoms with E-state index in [0.717, 1.165) is 19.6 Å². The summed E-state index contributed by atoms with van der Waals surface area (Å²) in [6, 6.07) is 38.6. The standard InChI is InChI=1S/C32H24N2O2S2.Pt/c35-31-23(11-9-19-29(31)37-25-13-3-1-4-14-25)21-33-27-17-7-8-18-28(27)34-22-24-12-10-20-30(32(24)36)38-26-15-5-2-6-16-26;/h1-22,35-36H;. The van der Waals surface area contributed by atoms with Crippen molar-refractivity contribution in [1.82, 2.24) is 0 Å². The Hall–Kier alpha value is -3.57. The van der Waals surface area contributed by atoms with Gasteiger partial charge in [-0.2, -0.15) is 0 Å². The minimum Gasteiger partial charge on any atom is -0.506 e. The SMILES string of the molecule is Oc1c(C=Nc2ccccc2N=Cc2cccc(Sc3ccccc3)c2O)cccc1Sc1ccccc1.[Pt]. The third-order valence-electron chi connectivity index (χ3n) is 5.57. The van der Waals surface area contributed by atoms with Gasteiger partial charge in [0.1, 0.15) is 11.5 Å². The minimum atomic E-state index is 0. The van der Waals surface area contributed by atoms with Gasteiger partial charge in [-0.05, 0) is 60.7 Å². The van der Waals surface area contributed by atoms with Crippen LogP contribution in [0.15, 0.2) is 151 Å². The largest absolute Gasteiger partial charge is 0.506 e. The molecule has 5 aromatic carbocycles. The monoisotopic (exact) mass is 727 g/mol. The van der Waals surface area contributed by atoms with Crippen molar-refractivity contribution in [3.8, 4) is 11.5 Å². The van der Waals surface area contributed by atoms with Gasteiger partial charge in [0.2, 0.25) is 0 Å². The van der Waals surface area contributed by atoms with Gasteiger partial charge in [-0.25, -0.2) is 0 Å². The Morgan fingerprint density at radius 3 is 1.26 bits per heavy atom. The molecule has 0 aliphatic rings. The van der Waals surface area contributed by atoms with Crippen molar-refractivity contribution in [3.05, 3.63) is 132 Å². The van der Waals surface area contributed by atoms with E-state index in [1.54, 1.807) is 12.4 Å². The molecule has 0 bridgehead atoms. The van der Waals surface area contributed by atoms with Crippen LogP contribution in [0.5, 0.6) is 11.5 Å². The van der Waals surface area contributed by atoms with Crippen LogP contribution in [-0.4, -0.2) is 22.6 Å². The van der Waals surface area contributed by atoms with Gasteiger partial charge in [0.25, 0.3) is 0 Å². The van der Waals surface area contributed by atoms with Gasteiger partial charge in [0, 0.05) is 54.4 Å². The second-order valence-electron chi connectivity index (χ2n) is 8.22. The summed E-state index contributed by atoms with van der Waals surface area (Å²) in [6.45, 7) is 0. The van der Waals surface area contributed by atoms with Gasteiger partial charge in [-0.15, -0.1) is 0 Å². The molecule has 0 heterocycles. The number of para-hydroxylation sites is 4. The van der Waals surface area contributed by atoms with Gasteiger partial charge in [0.15, 0.2) is 0 Å². The van der Waals surface area contributed by atoms with E-state index in [9.17, 15) is 10.2 Å². The molecule has 2 N–H and O–H groups in total. The first-order valence-corrected chi connectivity index (χ1v) is 13.6. The molecule has 5 aromatic rings. The fourth-order valence-electron chi connectivity index (χ4n) is 3.64. The maximum atomic E-state index is 10.8. The molecule has 0 aromatic heterocycles. The Morgan fingerprint density at radius 2 is 0.846 bits per heavy atom. The normalized spacial score (nSPS) is 11.1. The summed E-state index contributed by atoms with van der Waals surface area (Å²) in [5.41, 5.74) is 2.54. The van der Waals surface area contributed by atoms with Crippen molar-refractivity contribution in [2.45, 2.75) is 19.6 Å². The molecule has 0 saturated heterocycles. The third-order valence-corrected chi connectivity index (χ3v) is 7.68. The average molecular weight is 728 g/mol. The Balaban J connectivity index is 0.00000353. The summed E-state index contributed by atoms with van der Waals surface area (Å²) in [7, 11) is 0. The zero-order chi connectivity index (χ0) is 26.2. The molecule has 7 heteroatoms. The molecule has 0 aliphatic heterocycles. The molecular formula is C32H24N2O2PtS2. The topological polar surface area (TPSA) is 65.2 Å². The van der Waals surface area contributed by atoms with E-state index in [1.807, 2.05) is 121 Å². The van der Waals surface area contributed by atoms with E-state index < -0.39 is 0 Å². The molecule has 0 radical (unpaired) electrons. The van der Waals surface area contributed by atoms with Crippen molar-refractivity contribution >= 4 is 47.3 Å². The number of aliphatic imine (C=N–C) groups is 2. The zero-order valence-electron chi connectivity index (χ0n) is 20.6. The van der Waals surface area contributed by atoms with E-state index in [-0.39, 0.29) is 32.6 Å². The van der Waals surface area contributed by atoms with Crippen LogP contribution in [0.25, 0.3) is 0 Å². The quantitative estimate of drug-likeness (QED) is 0.157. The molecule has 5 rings (SSSR count). The van der Waals surface area contributed by atoms with Crippen LogP contribution in [0.4, 0.5) is 11.4 Å². The van der Waals surface area contributed by atoms with Gasteiger partial charge in [-0.1, -0.05) is 84.2 Å². The summed E-state index contributed by atoms with van der Waals surface area (Å²) < 4.78 is 0. The van der Waals surface area contributed by atoms with Crippen molar-refractivity contribution < 1.29 is 31.3 Å². The van der Waals surface area contributed by atoms with Crippen molar-refractivity contribution in [2.24, 2.45) is 9.98 Å². The summed E-state index contributed by atoms with van der Waals surface area (Å²) in [5, 5.41) is 21.7. The van der Waals surface area contributed by atoms with E-state index in [1.165, 1.54) is 23.5 Å². The van der Waals surface area contributed by atoms with Crippen LogP contribution in [0, 0.1) is 0 Å². The van der Waals surface area contributed by atoms with Crippen LogP contribution in [0.2, 0.25) is 0 Å². The fourth-order valence-corrected chi connectivity index (χ4v) is 5.46. The molecule has 39 heavy (non-hydrogen) atoms. The van der Waals surface area contributed by atoms with Gasteiger partial charge >= 0.3 is 0 Å². The molecule has 0 saturated carbocycles. The number of hydrogen-bond acceptors (Lipinski definition) is 6. The Bertz CT molecular complexity index is 1470. The summed E-state index contributed by atoms with van der Waals surface area (Å²) in [5.74, 6) is 0.368. The number of phenolic OH excluding ortho intramolecular Hbond substituents is 2. The number of hydrogen-bond donors (Lipinski definition) is 2. The molecule has 0 atom stereocenters. The number of nitrogens with zero attached hydrogens (tertiary/aromatic N) is 2. The first kappa shape index (κ1) is 28.4. The number of rotatable bonds is 8. The summed E-state index contributed by atoms with van der Waals surface area (Å²) in [4.78, 5) is 12.9. The predicted octanol–water partition coefficient (Wildman–Crippen LogP) is 8.90. The van der Waals surface area contributed by atoms with Crippen molar-refractivity contribution in [1.29, 1.82) is 0 Å². The number of benzene rings is 5. The van der Waals surface area contributed by atoms with Crippen LogP contribution < -0.4 is 0 Å². The second-order valence-corrected chi connectivity index (χ2v) is 10.5. The smallest absolute Gasteiger partial charge is 0.138 e. The number of aromatic hydroxyl groups is 2.